The highest BCUT2D eigenvalue weighted by atomic mass is 32.2. The molecule has 2 aromatic rings. The quantitative estimate of drug-likeness (QED) is 0.835. The van der Waals surface area contributed by atoms with E-state index in [1.54, 1.807) is 11.8 Å². The van der Waals surface area contributed by atoms with Gasteiger partial charge in [-0.2, -0.15) is 0 Å². The third kappa shape index (κ3) is 3.70. The van der Waals surface area contributed by atoms with Gasteiger partial charge in [0.25, 0.3) is 0 Å². The van der Waals surface area contributed by atoms with Gasteiger partial charge >= 0.3 is 0 Å². The molecule has 0 unspecified atom stereocenters. The van der Waals surface area contributed by atoms with E-state index in [0.717, 1.165) is 16.3 Å². The van der Waals surface area contributed by atoms with Gasteiger partial charge in [0.2, 0.25) is 0 Å². The highest BCUT2D eigenvalue weighted by Gasteiger charge is 2.03. The molecule has 94 valence electrons. The number of nitrogens with two attached hydrogens (primary N) is 1. The lowest BCUT2D eigenvalue weighted by Crippen LogP contribution is -2.05. The van der Waals surface area contributed by atoms with E-state index < -0.39 is 0 Å². The number of benzene rings is 2. The van der Waals surface area contributed by atoms with Crippen LogP contribution in [0, 0.1) is 0 Å². The first-order valence-corrected chi connectivity index (χ1v) is 6.75. The molecule has 18 heavy (non-hydrogen) atoms. The van der Waals surface area contributed by atoms with Gasteiger partial charge in [0.1, 0.15) is 5.75 Å². The van der Waals surface area contributed by atoms with Crippen LogP contribution in [0.4, 0.5) is 5.69 Å². The first-order chi connectivity index (χ1) is 8.63. The number of hydrogen-bond donors (Lipinski definition) is 1. The van der Waals surface area contributed by atoms with Crippen molar-refractivity contribution in [3.05, 3.63) is 48.5 Å². The van der Waals surface area contributed by atoms with Crippen LogP contribution in [0.25, 0.3) is 0 Å². The van der Waals surface area contributed by atoms with Gasteiger partial charge in [-0.1, -0.05) is 30.0 Å². The molecular formula is C15H17NOS. The fourth-order valence-corrected chi connectivity index (χ4v) is 2.55. The summed E-state index contributed by atoms with van der Waals surface area (Å²) in [6.07, 6.45) is 0.154. The molecule has 0 atom stereocenters. The van der Waals surface area contributed by atoms with Crippen molar-refractivity contribution >= 4 is 17.4 Å². The van der Waals surface area contributed by atoms with E-state index in [1.807, 2.05) is 50.2 Å². The smallest absolute Gasteiger partial charge is 0.122 e. The predicted octanol–water partition coefficient (Wildman–Crippen LogP) is 4.21. The Balaban J connectivity index is 2.20. The Hall–Kier alpha value is -1.61. The number of ether oxygens (including phenoxy) is 1. The van der Waals surface area contributed by atoms with Gasteiger partial charge in [-0.3, -0.25) is 0 Å². The summed E-state index contributed by atoms with van der Waals surface area (Å²) < 4.78 is 5.68. The monoisotopic (exact) mass is 259 g/mol. The van der Waals surface area contributed by atoms with Gasteiger partial charge in [-0.05, 0) is 38.1 Å². The zero-order valence-corrected chi connectivity index (χ0v) is 11.4. The van der Waals surface area contributed by atoms with Crippen LogP contribution in [-0.4, -0.2) is 6.10 Å². The number of anilines is 1. The molecule has 2 rings (SSSR count). The molecule has 0 amide bonds. The van der Waals surface area contributed by atoms with E-state index in [2.05, 4.69) is 12.1 Å². The molecule has 2 nitrogen and oxygen atoms in total. The van der Waals surface area contributed by atoms with Gasteiger partial charge in [-0.25, -0.2) is 0 Å². The molecule has 0 bridgehead atoms. The van der Waals surface area contributed by atoms with Crippen molar-refractivity contribution in [1.82, 2.24) is 0 Å². The zero-order valence-electron chi connectivity index (χ0n) is 10.6. The Labute approximate surface area is 112 Å². The van der Waals surface area contributed by atoms with Gasteiger partial charge in [0.05, 0.1) is 6.10 Å². The van der Waals surface area contributed by atoms with E-state index in [0.29, 0.717) is 0 Å². The topological polar surface area (TPSA) is 35.2 Å². The second-order valence-corrected chi connectivity index (χ2v) is 5.47. The van der Waals surface area contributed by atoms with Crippen LogP contribution in [-0.2, 0) is 0 Å². The molecule has 0 heterocycles. The second-order valence-electron chi connectivity index (χ2n) is 4.32. The fourth-order valence-electron chi connectivity index (χ4n) is 1.62. The Kier molecular flexibility index (Phi) is 4.15. The van der Waals surface area contributed by atoms with Crippen molar-refractivity contribution in [1.29, 1.82) is 0 Å². The molecule has 0 aliphatic rings. The Morgan fingerprint density at radius 1 is 1.00 bits per heavy atom. The van der Waals surface area contributed by atoms with Crippen molar-refractivity contribution in [3.63, 3.8) is 0 Å². The van der Waals surface area contributed by atoms with Gasteiger partial charge in [0.15, 0.2) is 0 Å². The van der Waals surface area contributed by atoms with Crippen LogP contribution >= 0.6 is 11.8 Å². The molecule has 0 aliphatic carbocycles. The van der Waals surface area contributed by atoms with Crippen molar-refractivity contribution in [2.45, 2.75) is 29.7 Å². The van der Waals surface area contributed by atoms with E-state index in [1.165, 1.54) is 4.90 Å². The molecule has 0 radical (unpaired) electrons. The summed E-state index contributed by atoms with van der Waals surface area (Å²) in [5, 5.41) is 0. The highest BCUT2D eigenvalue weighted by molar-refractivity contribution is 7.99. The second kappa shape index (κ2) is 5.83. The normalized spacial score (nSPS) is 10.6. The standard InChI is InChI=1S/C15H17NOS/c1-11(2)17-13-8-12(16)9-15(10-13)18-14-6-4-3-5-7-14/h3-11H,16H2,1-2H3. The molecule has 2 N–H and O–H groups in total. The van der Waals surface area contributed by atoms with Gasteiger partial charge in [-0.15, -0.1) is 0 Å². The van der Waals surface area contributed by atoms with E-state index in [9.17, 15) is 0 Å². The maximum absolute atomic E-state index is 5.90. The Morgan fingerprint density at radius 3 is 2.39 bits per heavy atom. The Morgan fingerprint density at radius 2 is 1.72 bits per heavy atom. The minimum Gasteiger partial charge on any atom is -0.491 e. The van der Waals surface area contributed by atoms with E-state index in [-0.39, 0.29) is 6.10 Å². The summed E-state index contributed by atoms with van der Waals surface area (Å²) in [5.41, 5.74) is 6.62. The Bertz CT molecular complexity index is 511. The average molecular weight is 259 g/mol. The maximum atomic E-state index is 5.90. The van der Waals surface area contributed by atoms with Crippen molar-refractivity contribution < 1.29 is 4.74 Å². The number of nitrogen functional groups attached to an aromatic ring is 1. The highest BCUT2D eigenvalue weighted by Crippen LogP contribution is 2.32. The maximum Gasteiger partial charge on any atom is 0.122 e. The summed E-state index contributed by atoms with van der Waals surface area (Å²) in [6.45, 7) is 4.01. The SMILES string of the molecule is CC(C)Oc1cc(N)cc(Sc2ccccc2)c1. The van der Waals surface area contributed by atoms with Crippen LogP contribution in [0.1, 0.15) is 13.8 Å². The van der Waals surface area contributed by atoms with Gasteiger partial charge in [0, 0.05) is 21.5 Å². The molecule has 0 aliphatic heterocycles. The van der Waals surface area contributed by atoms with Crippen LogP contribution < -0.4 is 10.5 Å². The summed E-state index contributed by atoms with van der Waals surface area (Å²) >= 11 is 1.68. The van der Waals surface area contributed by atoms with E-state index >= 15 is 0 Å². The lowest BCUT2D eigenvalue weighted by molar-refractivity contribution is 0.242. The third-order valence-electron chi connectivity index (χ3n) is 2.25. The summed E-state index contributed by atoms with van der Waals surface area (Å²) in [4.78, 5) is 2.29. The summed E-state index contributed by atoms with van der Waals surface area (Å²) in [7, 11) is 0. The van der Waals surface area contributed by atoms with Crippen LogP contribution in [0.3, 0.4) is 0 Å². The first-order valence-electron chi connectivity index (χ1n) is 5.93. The van der Waals surface area contributed by atoms with Crippen LogP contribution in [0.5, 0.6) is 5.75 Å². The lowest BCUT2D eigenvalue weighted by Gasteiger charge is -2.12. The van der Waals surface area contributed by atoms with Crippen molar-refractivity contribution in [3.8, 4) is 5.75 Å². The number of rotatable bonds is 4. The predicted molar refractivity (Wildman–Crippen MR) is 77.2 cm³/mol. The molecule has 0 saturated carbocycles. The van der Waals surface area contributed by atoms with Crippen molar-refractivity contribution in [2.24, 2.45) is 0 Å². The number of hydrogen-bond acceptors (Lipinski definition) is 3. The molecule has 0 aromatic heterocycles. The van der Waals surface area contributed by atoms with Crippen LogP contribution in [0.2, 0.25) is 0 Å². The van der Waals surface area contributed by atoms with E-state index in [4.69, 9.17) is 10.5 Å². The molecule has 0 saturated heterocycles. The molecular weight excluding hydrogens is 242 g/mol. The largest absolute Gasteiger partial charge is 0.491 e. The average Bonchev–Trinajstić information content (AvgIpc) is 2.28. The lowest BCUT2D eigenvalue weighted by atomic mass is 10.3. The van der Waals surface area contributed by atoms with Gasteiger partial charge < -0.3 is 10.5 Å². The summed E-state index contributed by atoms with van der Waals surface area (Å²) in [6, 6.07) is 16.1. The summed E-state index contributed by atoms with van der Waals surface area (Å²) in [5.74, 6) is 0.823. The van der Waals surface area contributed by atoms with Crippen LogP contribution in [0.15, 0.2) is 58.3 Å². The van der Waals surface area contributed by atoms with Crippen molar-refractivity contribution in [2.75, 3.05) is 5.73 Å². The molecule has 2 aromatic carbocycles. The fraction of sp³-hybridized carbons (Fsp3) is 0.200. The molecule has 0 fully saturated rings. The minimum atomic E-state index is 0.154. The first kappa shape index (κ1) is 12.8. The minimum absolute atomic E-state index is 0.154. The third-order valence-corrected chi connectivity index (χ3v) is 3.23. The molecule has 3 heteroatoms. The zero-order chi connectivity index (χ0) is 13.0. The molecule has 0 spiro atoms.